The largest absolute Gasteiger partial charge is 0.493 e. The molecule has 6 rings (SSSR count). The van der Waals surface area contributed by atoms with Crippen LogP contribution in [0.2, 0.25) is 0 Å². The zero-order valence-corrected chi connectivity index (χ0v) is 31.1. The number of rotatable bonds is 12. The maximum absolute atomic E-state index is 13.7. The molecule has 0 aliphatic heterocycles. The van der Waals surface area contributed by atoms with E-state index in [1.807, 2.05) is 12.1 Å². The normalized spacial score (nSPS) is 14.2. The van der Waals surface area contributed by atoms with Crippen molar-refractivity contribution in [2.24, 2.45) is 0 Å². The van der Waals surface area contributed by atoms with Gasteiger partial charge in [-0.1, -0.05) is 60.7 Å². The van der Waals surface area contributed by atoms with Gasteiger partial charge in [0.25, 0.3) is 11.8 Å². The zero-order valence-electron chi connectivity index (χ0n) is 29.5. The van der Waals surface area contributed by atoms with E-state index in [0.29, 0.717) is 44.8 Å². The van der Waals surface area contributed by atoms with Crippen LogP contribution in [0.25, 0.3) is 6.08 Å². The van der Waals surface area contributed by atoms with Crippen LogP contribution in [0, 0.1) is 11.3 Å². The number of fused-ring (bicyclic) bond motifs is 1. The lowest BCUT2D eigenvalue weighted by Gasteiger charge is -2.22. The molecule has 3 N–H and O–H groups in total. The van der Waals surface area contributed by atoms with E-state index < -0.39 is 17.1 Å². The van der Waals surface area contributed by atoms with E-state index in [1.165, 1.54) is 42.9 Å². The number of thioether (sulfide) groups is 1. The molecule has 0 saturated heterocycles. The fourth-order valence-corrected chi connectivity index (χ4v) is 8.38. The lowest BCUT2D eigenvalue weighted by molar-refractivity contribution is -0.115. The van der Waals surface area contributed by atoms with E-state index in [2.05, 4.69) is 46.3 Å². The first-order valence-electron chi connectivity index (χ1n) is 17.0. The van der Waals surface area contributed by atoms with Crippen LogP contribution in [-0.2, 0) is 22.4 Å². The number of amides is 3. The molecule has 1 aliphatic carbocycles. The molecule has 2 unspecified atom stereocenters. The Labute approximate surface area is 317 Å². The van der Waals surface area contributed by atoms with Crippen molar-refractivity contribution < 1.29 is 23.9 Å². The first kappa shape index (κ1) is 36.9. The third-order valence-corrected chi connectivity index (χ3v) is 11.2. The molecule has 0 radical (unpaired) electrons. The first-order chi connectivity index (χ1) is 25.8. The molecule has 0 saturated carbocycles. The van der Waals surface area contributed by atoms with Crippen molar-refractivity contribution in [2.45, 2.75) is 42.2 Å². The van der Waals surface area contributed by atoms with Crippen molar-refractivity contribution >= 4 is 57.6 Å². The Hall–Kier alpha value is -5.83. The number of methoxy groups -OCH3 is 2. The Bertz CT molecular complexity index is 2190. The summed E-state index contributed by atoms with van der Waals surface area (Å²) in [5.74, 6) is 0.173. The highest BCUT2D eigenvalue weighted by molar-refractivity contribution is 8.00. The highest BCUT2D eigenvalue weighted by Gasteiger charge is 2.28. The number of hydrogen-bond donors (Lipinski definition) is 3. The molecule has 2 atom stereocenters. The molecule has 53 heavy (non-hydrogen) atoms. The number of benzene rings is 4. The summed E-state index contributed by atoms with van der Waals surface area (Å²) < 4.78 is 10.8. The Morgan fingerprint density at radius 3 is 2.36 bits per heavy atom. The molecule has 5 aromatic rings. The van der Waals surface area contributed by atoms with Gasteiger partial charge in [0, 0.05) is 21.0 Å². The number of carbonyl (C=O) groups is 3. The highest BCUT2D eigenvalue weighted by Crippen LogP contribution is 2.42. The fraction of sp³-hybridized carbons (Fsp3) is 0.190. The van der Waals surface area contributed by atoms with Crippen LogP contribution in [0.5, 0.6) is 11.5 Å². The molecule has 0 fully saturated rings. The van der Waals surface area contributed by atoms with Crippen molar-refractivity contribution in [3.63, 3.8) is 0 Å². The smallest absolute Gasteiger partial charge is 0.272 e. The average molecular weight is 743 g/mol. The van der Waals surface area contributed by atoms with E-state index >= 15 is 0 Å². The van der Waals surface area contributed by atoms with Gasteiger partial charge in [-0.2, -0.15) is 5.26 Å². The highest BCUT2D eigenvalue weighted by atomic mass is 32.2. The summed E-state index contributed by atoms with van der Waals surface area (Å²) in [6.07, 6.45) is 4.16. The summed E-state index contributed by atoms with van der Waals surface area (Å²) in [5.41, 5.74) is 4.38. The lowest BCUT2D eigenvalue weighted by Crippen LogP contribution is -2.30. The minimum Gasteiger partial charge on any atom is -0.493 e. The van der Waals surface area contributed by atoms with Gasteiger partial charge in [0.2, 0.25) is 5.91 Å². The number of nitriles is 1. The van der Waals surface area contributed by atoms with Gasteiger partial charge < -0.3 is 25.4 Å². The quantitative estimate of drug-likeness (QED) is 0.0865. The summed E-state index contributed by atoms with van der Waals surface area (Å²) in [5, 5.41) is 18.8. The molecular weight excluding hydrogens is 705 g/mol. The van der Waals surface area contributed by atoms with Gasteiger partial charge in [-0.25, -0.2) is 0 Å². The van der Waals surface area contributed by atoms with Crippen molar-refractivity contribution in [1.82, 2.24) is 5.32 Å². The van der Waals surface area contributed by atoms with Crippen molar-refractivity contribution in [3.8, 4) is 17.6 Å². The third kappa shape index (κ3) is 8.98. The number of thiophene rings is 1. The van der Waals surface area contributed by atoms with E-state index in [0.717, 1.165) is 34.6 Å². The second kappa shape index (κ2) is 17.1. The second-order valence-corrected chi connectivity index (χ2v) is 14.9. The number of anilines is 2. The summed E-state index contributed by atoms with van der Waals surface area (Å²) in [6, 6.07) is 33.7. The summed E-state index contributed by atoms with van der Waals surface area (Å²) in [7, 11) is 3.05. The van der Waals surface area contributed by atoms with E-state index in [9.17, 15) is 19.6 Å². The van der Waals surface area contributed by atoms with Gasteiger partial charge in [0.1, 0.15) is 16.8 Å². The van der Waals surface area contributed by atoms with Crippen LogP contribution in [0.3, 0.4) is 0 Å². The monoisotopic (exact) mass is 742 g/mol. The molecule has 11 heteroatoms. The van der Waals surface area contributed by atoms with Crippen LogP contribution >= 0.6 is 23.1 Å². The summed E-state index contributed by atoms with van der Waals surface area (Å²) in [6.45, 7) is 1.80. The molecule has 3 amide bonds. The van der Waals surface area contributed by atoms with Crippen molar-refractivity contribution in [1.29, 1.82) is 5.26 Å². The topological polar surface area (TPSA) is 130 Å². The van der Waals surface area contributed by atoms with Gasteiger partial charge in [-0.15, -0.1) is 23.1 Å². The summed E-state index contributed by atoms with van der Waals surface area (Å²) >= 11 is 2.83. The fourth-order valence-electron chi connectivity index (χ4n) is 6.17. The molecule has 0 bridgehead atoms. The molecule has 1 aromatic heterocycles. The van der Waals surface area contributed by atoms with Crippen LogP contribution in [0.4, 0.5) is 10.7 Å². The van der Waals surface area contributed by atoms with Crippen molar-refractivity contribution in [3.05, 3.63) is 142 Å². The Balaban J connectivity index is 1.15. The molecule has 9 nitrogen and oxygen atoms in total. The lowest BCUT2D eigenvalue weighted by atomic mass is 9.83. The number of nitrogens with one attached hydrogen (secondary N) is 3. The molecule has 0 spiro atoms. The maximum atomic E-state index is 13.7. The second-order valence-electron chi connectivity index (χ2n) is 12.4. The number of ether oxygens (including phenoxy) is 2. The number of hydrogen-bond acceptors (Lipinski definition) is 8. The predicted octanol–water partition coefficient (Wildman–Crippen LogP) is 8.44. The summed E-state index contributed by atoms with van der Waals surface area (Å²) in [4.78, 5) is 42.2. The predicted molar refractivity (Wildman–Crippen MR) is 211 cm³/mol. The van der Waals surface area contributed by atoms with Crippen LogP contribution in [0.15, 0.2) is 114 Å². The zero-order chi connectivity index (χ0) is 37.3. The molecule has 268 valence electrons. The van der Waals surface area contributed by atoms with Gasteiger partial charge in [0.05, 0.1) is 25.0 Å². The van der Waals surface area contributed by atoms with Crippen LogP contribution < -0.4 is 25.4 Å². The Kier molecular flexibility index (Phi) is 11.9. The molecule has 1 aliphatic rings. The van der Waals surface area contributed by atoms with Gasteiger partial charge in [-0.05, 0) is 97.3 Å². The van der Waals surface area contributed by atoms with E-state index in [1.54, 1.807) is 79.7 Å². The van der Waals surface area contributed by atoms with Gasteiger partial charge >= 0.3 is 0 Å². The average Bonchev–Trinajstić information content (AvgIpc) is 3.54. The SMILES string of the molecule is COc1ccc(/C=C(/NC(=O)c2ccccc2)C(=O)Nc2cccc(SC(C)C(=O)Nc3sc4c(c3C#N)CCC(c3ccccc3)C4)c2)cc1OC. The minimum absolute atomic E-state index is 0.0129. The molecule has 1 heterocycles. The van der Waals surface area contributed by atoms with Crippen LogP contribution in [0.1, 0.15) is 56.8 Å². The third-order valence-electron chi connectivity index (χ3n) is 8.91. The Morgan fingerprint density at radius 2 is 1.64 bits per heavy atom. The van der Waals surface area contributed by atoms with Crippen LogP contribution in [-0.4, -0.2) is 37.2 Å². The van der Waals surface area contributed by atoms with Gasteiger partial charge in [0.15, 0.2) is 11.5 Å². The molecular formula is C42H38N4O5S2. The maximum Gasteiger partial charge on any atom is 0.272 e. The standard InChI is InChI=1S/C42H38N4O5S2/c1-26(39(47)46-42-34(25-43)33-19-18-30(23-38(33)53-42)28-11-6-4-7-12-28)52-32-16-10-15-31(24-32)44-41(49)35(45-40(48)29-13-8-5-9-14-29)21-27-17-20-36(50-2)37(22-27)51-3/h4-17,20-22,24,26,30H,18-19,23H2,1-3H3,(H,44,49)(H,45,48)(H,46,47)/b35-21+. The first-order valence-corrected chi connectivity index (χ1v) is 18.7. The minimum atomic E-state index is -0.544. The number of nitrogens with zero attached hydrogens (tertiary/aromatic N) is 1. The van der Waals surface area contributed by atoms with E-state index in [4.69, 9.17) is 9.47 Å². The van der Waals surface area contributed by atoms with E-state index in [-0.39, 0.29) is 11.6 Å². The van der Waals surface area contributed by atoms with Crippen molar-refractivity contribution in [2.75, 3.05) is 24.9 Å². The Morgan fingerprint density at radius 1 is 0.906 bits per heavy atom. The molecule has 4 aromatic carbocycles. The van der Waals surface area contributed by atoms with Gasteiger partial charge in [-0.3, -0.25) is 14.4 Å². The number of carbonyl (C=O) groups excluding carboxylic acids is 3.